The van der Waals surface area contributed by atoms with Gasteiger partial charge < -0.3 is 14.4 Å². The Labute approximate surface area is 198 Å². The quantitative estimate of drug-likeness (QED) is 0.259. The number of rotatable bonds is 9. The van der Waals surface area contributed by atoms with Crippen molar-refractivity contribution in [1.82, 2.24) is 4.90 Å². The van der Waals surface area contributed by atoms with Crippen molar-refractivity contribution in [2.24, 2.45) is 0 Å². The van der Waals surface area contributed by atoms with Crippen molar-refractivity contribution in [2.75, 3.05) is 26.8 Å². The lowest BCUT2D eigenvalue weighted by molar-refractivity contribution is -0.374. The molecule has 1 amide bonds. The number of methoxy groups -OCH3 is 1. The van der Waals surface area contributed by atoms with E-state index in [9.17, 15) is 14.9 Å². The Morgan fingerprint density at radius 2 is 1.53 bits per heavy atom. The first kappa shape index (κ1) is 23.0. The highest BCUT2D eigenvalue weighted by Crippen LogP contribution is 2.34. The lowest BCUT2D eigenvalue weighted by Crippen LogP contribution is -2.29. The standard InChI is InChI=1S/C27H26N2O5/c1-33-23-13-9-20(10-14-23)26(27(29(31)32)22-6-3-2-4-7-22)21-11-15-24(16-12-21)34-19-18-28-17-5-8-25(28)30/h2-4,6-7,9-16H,5,8,17-19H2,1H3/b27-26-. The average molecular weight is 459 g/mol. The fourth-order valence-electron chi connectivity index (χ4n) is 4.07. The number of hydrogen-bond donors (Lipinski definition) is 0. The van der Waals surface area contributed by atoms with Gasteiger partial charge in [-0.3, -0.25) is 14.9 Å². The molecule has 0 aromatic heterocycles. The lowest BCUT2D eigenvalue weighted by Gasteiger charge is -2.16. The fraction of sp³-hybridized carbons (Fsp3) is 0.222. The monoisotopic (exact) mass is 458 g/mol. The summed E-state index contributed by atoms with van der Waals surface area (Å²) in [6.45, 7) is 1.73. The van der Waals surface area contributed by atoms with Crippen LogP contribution in [0.2, 0.25) is 0 Å². The minimum absolute atomic E-state index is 0.0204. The molecule has 1 saturated heterocycles. The molecule has 0 unspecified atom stereocenters. The van der Waals surface area contributed by atoms with Crippen LogP contribution in [0.4, 0.5) is 0 Å². The second-order valence-corrected chi connectivity index (χ2v) is 7.93. The van der Waals surface area contributed by atoms with E-state index in [0.29, 0.717) is 53.3 Å². The number of benzene rings is 3. The summed E-state index contributed by atoms with van der Waals surface area (Å²) in [4.78, 5) is 25.5. The maximum absolute atomic E-state index is 12.2. The summed E-state index contributed by atoms with van der Waals surface area (Å²) in [6, 6.07) is 23.3. The Hall–Kier alpha value is -4.13. The zero-order valence-electron chi connectivity index (χ0n) is 19.0. The minimum atomic E-state index is -0.341. The number of amides is 1. The zero-order valence-corrected chi connectivity index (χ0v) is 19.0. The normalized spacial score (nSPS) is 14.0. The molecule has 0 N–H and O–H groups in total. The summed E-state index contributed by atoms with van der Waals surface area (Å²) < 4.78 is 11.1. The molecular formula is C27H26N2O5. The highest BCUT2D eigenvalue weighted by molar-refractivity contribution is 5.95. The molecule has 0 bridgehead atoms. The van der Waals surface area contributed by atoms with Gasteiger partial charge in [-0.25, -0.2) is 0 Å². The number of carbonyl (C=O) groups excluding carboxylic acids is 1. The van der Waals surface area contributed by atoms with E-state index >= 15 is 0 Å². The van der Waals surface area contributed by atoms with Crippen LogP contribution in [0, 0.1) is 10.1 Å². The highest BCUT2D eigenvalue weighted by Gasteiger charge is 2.24. The van der Waals surface area contributed by atoms with Crippen LogP contribution >= 0.6 is 0 Å². The summed E-state index contributed by atoms with van der Waals surface area (Å²) in [5.41, 5.74) is 2.45. The summed E-state index contributed by atoms with van der Waals surface area (Å²) in [7, 11) is 1.58. The van der Waals surface area contributed by atoms with Crippen molar-refractivity contribution in [2.45, 2.75) is 12.8 Å². The van der Waals surface area contributed by atoms with Crippen molar-refractivity contribution in [1.29, 1.82) is 0 Å². The predicted molar refractivity (Wildman–Crippen MR) is 130 cm³/mol. The molecule has 0 radical (unpaired) electrons. The van der Waals surface area contributed by atoms with Crippen molar-refractivity contribution < 1.29 is 19.2 Å². The van der Waals surface area contributed by atoms with Gasteiger partial charge in [0.2, 0.25) is 5.91 Å². The van der Waals surface area contributed by atoms with E-state index in [1.165, 1.54) is 0 Å². The van der Waals surface area contributed by atoms with Gasteiger partial charge in [-0.15, -0.1) is 0 Å². The van der Waals surface area contributed by atoms with E-state index in [0.717, 1.165) is 13.0 Å². The van der Waals surface area contributed by atoms with Gasteiger partial charge in [-0.1, -0.05) is 42.5 Å². The molecule has 0 spiro atoms. The largest absolute Gasteiger partial charge is 0.497 e. The molecule has 174 valence electrons. The van der Waals surface area contributed by atoms with E-state index in [4.69, 9.17) is 9.47 Å². The van der Waals surface area contributed by atoms with E-state index in [1.807, 2.05) is 35.2 Å². The van der Waals surface area contributed by atoms with E-state index < -0.39 is 0 Å². The summed E-state index contributed by atoms with van der Waals surface area (Å²) >= 11 is 0. The second kappa shape index (κ2) is 10.7. The van der Waals surface area contributed by atoms with Gasteiger partial charge >= 0.3 is 0 Å². The fourth-order valence-corrected chi connectivity index (χ4v) is 4.07. The van der Waals surface area contributed by atoms with Gasteiger partial charge in [0.25, 0.3) is 5.70 Å². The predicted octanol–water partition coefficient (Wildman–Crippen LogP) is 4.89. The van der Waals surface area contributed by atoms with Crippen LogP contribution in [0.3, 0.4) is 0 Å². The average Bonchev–Trinajstić information content (AvgIpc) is 3.28. The summed E-state index contributed by atoms with van der Waals surface area (Å²) in [6.07, 6.45) is 1.50. The first-order chi connectivity index (χ1) is 16.6. The van der Waals surface area contributed by atoms with Gasteiger partial charge in [0.15, 0.2) is 0 Å². The number of nitro groups is 1. The first-order valence-electron chi connectivity index (χ1n) is 11.2. The first-order valence-corrected chi connectivity index (χ1v) is 11.2. The Morgan fingerprint density at radius 1 is 0.912 bits per heavy atom. The molecule has 1 aliphatic heterocycles. The molecule has 0 aliphatic carbocycles. The maximum Gasteiger partial charge on any atom is 0.284 e. The summed E-state index contributed by atoms with van der Waals surface area (Å²) in [5, 5.41) is 12.2. The zero-order chi connectivity index (χ0) is 23.9. The van der Waals surface area contributed by atoms with Gasteiger partial charge in [0, 0.05) is 13.0 Å². The molecule has 1 aliphatic rings. The van der Waals surface area contributed by atoms with Crippen LogP contribution in [0.25, 0.3) is 11.3 Å². The molecule has 0 atom stereocenters. The third-order valence-electron chi connectivity index (χ3n) is 5.79. The third-order valence-corrected chi connectivity index (χ3v) is 5.79. The Morgan fingerprint density at radius 3 is 2.06 bits per heavy atom. The molecular weight excluding hydrogens is 432 g/mol. The van der Waals surface area contributed by atoms with Crippen LogP contribution in [0.15, 0.2) is 78.9 Å². The summed E-state index contributed by atoms with van der Waals surface area (Å²) in [5.74, 6) is 1.49. The van der Waals surface area contributed by atoms with Crippen LogP contribution in [-0.4, -0.2) is 42.5 Å². The van der Waals surface area contributed by atoms with Crippen LogP contribution < -0.4 is 9.47 Å². The van der Waals surface area contributed by atoms with Gasteiger partial charge in [0.05, 0.1) is 29.7 Å². The van der Waals surface area contributed by atoms with Crippen molar-refractivity contribution in [3.8, 4) is 11.5 Å². The lowest BCUT2D eigenvalue weighted by atomic mass is 9.93. The number of nitrogens with zero attached hydrogens (tertiary/aromatic N) is 2. The maximum atomic E-state index is 12.2. The molecule has 1 heterocycles. The second-order valence-electron chi connectivity index (χ2n) is 7.93. The molecule has 0 saturated carbocycles. The van der Waals surface area contributed by atoms with Crippen LogP contribution in [0.5, 0.6) is 11.5 Å². The Kier molecular flexibility index (Phi) is 7.22. The third kappa shape index (κ3) is 5.26. The molecule has 34 heavy (non-hydrogen) atoms. The van der Waals surface area contributed by atoms with Crippen LogP contribution in [0.1, 0.15) is 29.5 Å². The molecule has 1 fully saturated rings. The molecule has 3 aromatic carbocycles. The number of hydrogen-bond acceptors (Lipinski definition) is 5. The molecule has 7 nitrogen and oxygen atoms in total. The minimum Gasteiger partial charge on any atom is -0.497 e. The molecule has 4 rings (SSSR count). The van der Waals surface area contributed by atoms with E-state index in [-0.39, 0.29) is 16.5 Å². The Bertz CT molecular complexity index is 1170. The van der Waals surface area contributed by atoms with Gasteiger partial charge in [-0.2, -0.15) is 0 Å². The van der Waals surface area contributed by atoms with Crippen molar-refractivity contribution in [3.63, 3.8) is 0 Å². The highest BCUT2D eigenvalue weighted by atomic mass is 16.6. The van der Waals surface area contributed by atoms with Crippen molar-refractivity contribution in [3.05, 3.63) is 106 Å². The van der Waals surface area contributed by atoms with Gasteiger partial charge in [-0.05, 0) is 53.9 Å². The number of likely N-dealkylation sites (tertiary alicyclic amines) is 1. The van der Waals surface area contributed by atoms with E-state index in [1.54, 1.807) is 55.6 Å². The SMILES string of the molecule is COc1ccc(/C(=C(\c2ccccc2)[N+](=O)[O-])c2ccc(OCCN3CCCC3=O)cc2)cc1. The smallest absolute Gasteiger partial charge is 0.284 e. The molecule has 3 aromatic rings. The Balaban J connectivity index is 1.66. The topological polar surface area (TPSA) is 81.9 Å². The van der Waals surface area contributed by atoms with Crippen molar-refractivity contribution >= 4 is 17.2 Å². The van der Waals surface area contributed by atoms with Gasteiger partial charge in [0.1, 0.15) is 18.1 Å². The number of ether oxygens (including phenoxy) is 2. The van der Waals surface area contributed by atoms with Crippen LogP contribution in [-0.2, 0) is 4.79 Å². The molecule has 7 heteroatoms. The number of carbonyl (C=O) groups is 1. The van der Waals surface area contributed by atoms with E-state index in [2.05, 4.69) is 0 Å².